The van der Waals surface area contributed by atoms with Gasteiger partial charge in [-0.15, -0.1) is 0 Å². The van der Waals surface area contributed by atoms with Gasteiger partial charge in [-0.3, -0.25) is 4.86 Å². The minimum Gasteiger partial charge on any atom is -0.450 e. The second-order valence-corrected chi connectivity index (χ2v) is 36.3. The Labute approximate surface area is 367 Å². The molecule has 3 N–H and O–H groups in total. The van der Waals surface area contributed by atoms with Crippen LogP contribution in [0.25, 0.3) is 35.4 Å². The van der Waals surface area contributed by atoms with E-state index in [0.717, 1.165) is 35.5 Å². The average Bonchev–Trinajstić information content (AvgIpc) is 3.40. The highest BCUT2D eigenvalue weighted by atomic mass is 31.3. The first-order chi connectivity index (χ1) is 28.6. The molecule has 2 aliphatic heterocycles. The van der Waals surface area contributed by atoms with Gasteiger partial charge in [0.05, 0.1) is 14.4 Å². The van der Waals surface area contributed by atoms with Crippen molar-refractivity contribution in [2.75, 3.05) is 46.7 Å². The number of nitrogens with one attached hydrogen (secondary N) is 3. The van der Waals surface area contributed by atoms with Crippen LogP contribution >= 0.6 is 43.6 Å². The molecule has 7 rings (SSSR count). The van der Waals surface area contributed by atoms with Crippen molar-refractivity contribution in [3.8, 4) is 22.6 Å². The normalized spacial score (nSPS) is 27.1. The summed E-state index contributed by atoms with van der Waals surface area (Å²) >= 11 is 0. The number of hydrogen-bond acceptors (Lipinski definition) is 8. The molecule has 3 atom stereocenters. The average molecular weight is 933 g/mol. The monoisotopic (exact) mass is 932 g/mol. The molecular formula is C47H66N6O2P6. The molecule has 8 nitrogen and oxygen atoms in total. The summed E-state index contributed by atoms with van der Waals surface area (Å²) in [6, 6.07) is 30.8. The first kappa shape index (κ1) is 46.4. The molecule has 61 heavy (non-hydrogen) atoms. The molecule has 4 aromatic rings. The second kappa shape index (κ2) is 17.8. The Hall–Kier alpha value is -2.57. The zero-order valence-corrected chi connectivity index (χ0v) is 43.0. The van der Waals surface area contributed by atoms with Gasteiger partial charge in [0.15, 0.2) is 7.41 Å². The van der Waals surface area contributed by atoms with E-state index in [-0.39, 0.29) is 5.41 Å². The van der Waals surface area contributed by atoms with Crippen molar-refractivity contribution in [1.29, 1.82) is 0 Å². The van der Waals surface area contributed by atoms with E-state index in [1.807, 2.05) is 12.1 Å². The highest BCUT2D eigenvalue weighted by Crippen LogP contribution is 2.73. The first-order valence-corrected chi connectivity index (χ1v) is 35.2. The maximum atomic E-state index is 6.52. The third kappa shape index (κ3) is 11.2. The summed E-state index contributed by atoms with van der Waals surface area (Å²) in [5.74, 6) is 1.59. The molecular weight excluding hydrogens is 866 g/mol. The summed E-state index contributed by atoms with van der Waals surface area (Å²) in [4.78, 5) is 10.6. The van der Waals surface area contributed by atoms with Crippen LogP contribution in [0.5, 0.6) is 11.5 Å². The summed E-state index contributed by atoms with van der Waals surface area (Å²) in [5.41, 5.74) is 10.3. The molecule has 1 saturated heterocycles. The number of rotatable bonds is 14. The van der Waals surface area contributed by atoms with Gasteiger partial charge in [0.25, 0.3) is 0 Å². The van der Waals surface area contributed by atoms with Crippen LogP contribution in [0, 0.1) is 0 Å². The zero-order chi connectivity index (χ0) is 43.9. The number of benzene rings is 4. The third-order valence-electron chi connectivity index (χ3n) is 11.0. The van der Waals surface area contributed by atoms with Gasteiger partial charge in [0.1, 0.15) is 11.5 Å². The van der Waals surface area contributed by atoms with Crippen LogP contribution < -0.4 is 23.6 Å². The van der Waals surface area contributed by atoms with E-state index in [4.69, 9.17) is 22.6 Å². The Morgan fingerprint density at radius 2 is 0.934 bits per heavy atom. The van der Waals surface area contributed by atoms with Gasteiger partial charge in [0.2, 0.25) is 7.43 Å². The molecule has 0 amide bonds. The molecule has 2 heterocycles. The van der Waals surface area contributed by atoms with Crippen molar-refractivity contribution in [1.82, 2.24) is 14.6 Å². The van der Waals surface area contributed by atoms with Crippen molar-refractivity contribution in [2.45, 2.75) is 57.8 Å². The van der Waals surface area contributed by atoms with Crippen LogP contribution in [-0.2, 0) is 5.41 Å². The molecule has 0 radical (unpaired) electrons. The molecule has 3 unspecified atom stereocenters. The van der Waals surface area contributed by atoms with Crippen LogP contribution in [0.4, 0.5) is 0 Å². The van der Waals surface area contributed by atoms with Crippen LogP contribution in [0.15, 0.2) is 98.5 Å². The zero-order valence-electron chi connectivity index (χ0n) is 37.6. The molecule has 14 heteroatoms. The van der Waals surface area contributed by atoms with Gasteiger partial charge in [0, 0.05) is 26.5 Å². The fourth-order valence-corrected chi connectivity index (χ4v) is 34.3. The van der Waals surface area contributed by atoms with E-state index >= 15 is 0 Å². The lowest BCUT2D eigenvalue weighted by molar-refractivity contribution is 0.414. The van der Waals surface area contributed by atoms with Crippen LogP contribution in [0.1, 0.15) is 85.8 Å². The summed E-state index contributed by atoms with van der Waals surface area (Å²) in [5, 5.41) is 0. The molecule has 0 bridgehead atoms. The fourth-order valence-electron chi connectivity index (χ4n) is 9.15. The molecule has 4 aromatic carbocycles. The smallest absolute Gasteiger partial charge is 0.248 e. The Morgan fingerprint density at radius 3 is 1.38 bits per heavy atom. The minimum atomic E-state index is -2.38. The van der Waals surface area contributed by atoms with Crippen LogP contribution in [0.3, 0.4) is 0 Å². The van der Waals surface area contributed by atoms with Gasteiger partial charge in [-0.05, 0) is 128 Å². The van der Waals surface area contributed by atoms with E-state index in [1.54, 1.807) is 0 Å². The Morgan fingerprint density at radius 1 is 0.525 bits per heavy atom. The molecule has 1 aliphatic carbocycles. The Kier molecular flexibility index (Phi) is 13.5. The first-order valence-electron chi connectivity index (χ1n) is 21.2. The van der Waals surface area contributed by atoms with E-state index in [0.29, 0.717) is 0 Å². The van der Waals surface area contributed by atoms with E-state index in [1.165, 1.54) is 59.1 Å². The topological polar surface area (TPSA) is 91.6 Å². The van der Waals surface area contributed by atoms with Crippen LogP contribution in [-0.4, -0.2) is 65.6 Å². The molecule has 0 aromatic heterocycles. The van der Waals surface area contributed by atoms with E-state index in [2.05, 4.69) is 191 Å². The summed E-state index contributed by atoms with van der Waals surface area (Å²) in [7, 11) is -11.8. The van der Waals surface area contributed by atoms with Crippen molar-refractivity contribution in [3.63, 3.8) is 0 Å². The lowest BCUT2D eigenvalue weighted by Gasteiger charge is -2.45. The Bertz CT molecular complexity index is 2660. The van der Waals surface area contributed by atoms with Crippen molar-refractivity contribution >= 4 is 86.8 Å². The lowest BCUT2D eigenvalue weighted by atomic mass is 9.70. The highest BCUT2D eigenvalue weighted by molar-refractivity contribution is 7.97. The Balaban J connectivity index is 1.12. The SMILES string of the molecule is C=P1(C)NP(=C)(C)NP(=C)(Oc2ccc(C=Cc3ccc4c(c3)C(CCCC)(CCCC)c3cc(C=Cc5ccc(OP6(C)=NP(C)(C)=NP(C)(C)=N6)cc5)ccc3-4)cc2)N1. The second-order valence-electron chi connectivity index (χ2n) is 18.1. The molecule has 0 spiro atoms. The highest BCUT2D eigenvalue weighted by Gasteiger charge is 2.42. The standard InChI is InChI=1S/C47H66N6O2P6/c1-13-15-33-47(34-16-14-2)45-35-39(19-17-37-21-27-41(28-22-37)54-60(11)50-56(3,4)48-57(5,6)51-60)25-31-43(45)44-32-26-40(36-46(44)47)20-18-38-23-29-42(30-24-38)55-61(12)52-58(7,8)49-59(9,10)53-61/h17-32,35-36,48,50-51H,3,5,11,13-16,33-34H2,1-2,4,6-10,12H3. The molecule has 3 aliphatic rings. The van der Waals surface area contributed by atoms with Gasteiger partial charge in [-0.2, -0.15) is 0 Å². The summed E-state index contributed by atoms with van der Waals surface area (Å²) < 4.78 is 28.1. The number of nitrogens with zero attached hydrogens (tertiary/aromatic N) is 3. The van der Waals surface area contributed by atoms with Crippen LogP contribution in [0.2, 0.25) is 0 Å². The van der Waals surface area contributed by atoms with Crippen molar-refractivity contribution < 1.29 is 9.05 Å². The summed E-state index contributed by atoms with van der Waals surface area (Å²) in [6.45, 7) is 19.5. The van der Waals surface area contributed by atoms with Gasteiger partial charge in [-0.1, -0.05) is 137 Å². The van der Waals surface area contributed by atoms with Gasteiger partial charge in [-0.25, -0.2) is 23.3 Å². The predicted octanol–water partition coefficient (Wildman–Crippen LogP) is 15.7. The minimum absolute atomic E-state index is 0.0273. The lowest BCUT2D eigenvalue weighted by Crippen LogP contribution is -2.35. The van der Waals surface area contributed by atoms with Gasteiger partial charge >= 0.3 is 0 Å². The number of unbranched alkanes of at least 4 members (excludes halogenated alkanes) is 2. The maximum absolute atomic E-state index is 6.52. The largest absolute Gasteiger partial charge is 0.450 e. The van der Waals surface area contributed by atoms with E-state index in [9.17, 15) is 0 Å². The predicted molar refractivity (Wildman–Crippen MR) is 285 cm³/mol. The quantitative estimate of drug-likeness (QED) is 0.0865. The number of fused-ring (bicyclic) bond motifs is 3. The fraction of sp³-hybridized carbons (Fsp3) is 0.340. The maximum Gasteiger partial charge on any atom is 0.248 e. The number of hydrogen-bond donors (Lipinski definition) is 3. The van der Waals surface area contributed by atoms with Gasteiger partial charge < -0.3 is 9.05 Å². The van der Waals surface area contributed by atoms with Crippen molar-refractivity contribution in [2.24, 2.45) is 13.5 Å². The molecule has 326 valence electrons. The van der Waals surface area contributed by atoms with Crippen molar-refractivity contribution in [3.05, 3.63) is 118 Å². The summed E-state index contributed by atoms with van der Waals surface area (Å²) in [6.07, 6.45) is 29.1. The third-order valence-corrected chi connectivity index (χ3v) is 31.4. The van der Waals surface area contributed by atoms with E-state index < -0.39 is 43.6 Å². The molecule has 0 saturated carbocycles. The molecule has 1 fully saturated rings.